The number of nitrogens with zero attached hydrogens (tertiary/aromatic N) is 7. The molecular weight excluding hydrogens is 895 g/mol. The van der Waals surface area contributed by atoms with Crippen LogP contribution >= 0.6 is 0 Å². The number of imidazole rings is 2. The van der Waals surface area contributed by atoms with Crippen LogP contribution in [0.25, 0.3) is 22.5 Å². The average molecular weight is 966 g/mol. The number of alkyl carbamates (subject to hydrolysis) is 1. The zero-order valence-corrected chi connectivity index (χ0v) is 42.2. The Kier molecular flexibility index (Phi) is 15.1. The van der Waals surface area contributed by atoms with Crippen molar-refractivity contribution in [1.82, 2.24) is 45.4 Å². The van der Waals surface area contributed by atoms with E-state index in [2.05, 4.69) is 97.3 Å². The van der Waals surface area contributed by atoms with Crippen LogP contribution in [0.1, 0.15) is 146 Å². The van der Waals surface area contributed by atoms with Gasteiger partial charge in [-0.05, 0) is 104 Å². The largest absolute Gasteiger partial charge is 0.453 e. The van der Waals surface area contributed by atoms with Crippen LogP contribution in [-0.2, 0) is 19.1 Å². The molecule has 16 nitrogen and oxygen atoms in total. The molecule has 0 saturated carbocycles. The molecule has 0 aliphatic carbocycles. The maximum absolute atomic E-state index is 13.8. The van der Waals surface area contributed by atoms with Crippen LogP contribution in [0.2, 0.25) is 0 Å². The standard InChI is InChI=1S/C55H71N11O5/c1-7-48(67)61-49(34(2)3)53(68)64-29-11-13-45(64)51-57-32-41(59-51)36-15-19-38(20-16-36)43-24-25-44(66(43)40-23-26-47(56-31-40)63-27-9-8-10-28-63)39-21-17-37(18-22-39)42-33-58-52(60-42)46-14-12-30-65(46)54(69)50(35(4)5)62-55(70)71-6/h15-23,26,31-35,43-46,49-50H,7-14,24-25,27-30H2,1-6H3,(H,57,59)(H,58,60)(H,61,67)(H,62,70)/t43-,44-,45+,46+,49+,50+/m1/s1. The number of likely N-dealkylation sites (tertiary alicyclic amines) is 2. The number of aromatic nitrogens is 5. The lowest BCUT2D eigenvalue weighted by atomic mass is 10.0. The normalized spacial score (nSPS) is 21.2. The maximum Gasteiger partial charge on any atom is 0.407 e. The lowest BCUT2D eigenvalue weighted by molar-refractivity contribution is -0.138. The van der Waals surface area contributed by atoms with Gasteiger partial charge < -0.3 is 44.9 Å². The molecule has 2 aromatic carbocycles. The summed E-state index contributed by atoms with van der Waals surface area (Å²) in [6.45, 7) is 12.9. The number of benzene rings is 2. The highest BCUT2D eigenvalue weighted by atomic mass is 16.5. The number of ether oxygens (including phenoxy) is 1. The molecule has 0 spiro atoms. The summed E-state index contributed by atoms with van der Waals surface area (Å²) in [5.41, 5.74) is 7.34. The zero-order valence-electron chi connectivity index (χ0n) is 42.2. The molecule has 9 rings (SSSR count). The number of amides is 4. The summed E-state index contributed by atoms with van der Waals surface area (Å²) in [4.78, 5) is 82.5. The van der Waals surface area contributed by atoms with E-state index in [1.807, 2.05) is 49.9 Å². The van der Waals surface area contributed by atoms with Crippen LogP contribution in [0.15, 0.2) is 79.3 Å². The van der Waals surface area contributed by atoms with E-state index in [4.69, 9.17) is 19.7 Å². The van der Waals surface area contributed by atoms with Crippen LogP contribution < -0.4 is 20.4 Å². The fraction of sp³-hybridized carbons (Fsp3) is 0.509. The first-order valence-electron chi connectivity index (χ1n) is 26.0. The number of carbonyl (C=O) groups excluding carboxylic acids is 4. The lowest BCUT2D eigenvalue weighted by Crippen LogP contribution is -2.51. The smallest absolute Gasteiger partial charge is 0.407 e. The van der Waals surface area contributed by atoms with Crippen molar-refractivity contribution >= 4 is 35.3 Å². The monoisotopic (exact) mass is 966 g/mol. The van der Waals surface area contributed by atoms with E-state index < -0.39 is 18.2 Å². The lowest BCUT2D eigenvalue weighted by Gasteiger charge is -2.34. The Hall–Kier alpha value is -6.71. The molecule has 5 aromatic rings. The molecule has 0 unspecified atom stereocenters. The number of rotatable bonds is 15. The van der Waals surface area contributed by atoms with E-state index >= 15 is 0 Å². The minimum absolute atomic E-state index is 0.0339. The first kappa shape index (κ1) is 49.3. The highest BCUT2D eigenvalue weighted by molar-refractivity contribution is 5.88. The zero-order chi connectivity index (χ0) is 49.8. The Morgan fingerprint density at radius 3 is 1.56 bits per heavy atom. The van der Waals surface area contributed by atoms with Gasteiger partial charge in [-0.1, -0.05) is 83.1 Å². The van der Waals surface area contributed by atoms with E-state index in [-0.39, 0.29) is 53.7 Å². The molecule has 0 radical (unpaired) electrons. The molecule has 7 heterocycles. The van der Waals surface area contributed by atoms with Crippen molar-refractivity contribution in [2.75, 3.05) is 43.1 Å². The Balaban J connectivity index is 0.931. The summed E-state index contributed by atoms with van der Waals surface area (Å²) in [6.07, 6.45) is 14.4. The molecule has 3 aromatic heterocycles. The SMILES string of the molecule is CCC(=O)N[C@H](C(=O)N1CCC[C@H]1c1ncc(-c2ccc([C@H]3CC[C@H](c4ccc(-c5cnc([C@@H]6CCCN6C(=O)[C@@H](NC(=O)OC)C(C)C)[nH]5)cc4)N3c3ccc(N4CCCCC4)nc3)cc2)[nH]1)C(C)C. The molecule has 4 aliphatic rings. The Labute approximate surface area is 417 Å². The van der Waals surface area contributed by atoms with Crippen molar-refractivity contribution in [3.63, 3.8) is 0 Å². The first-order chi connectivity index (χ1) is 34.4. The van der Waals surface area contributed by atoms with Gasteiger partial charge in [0.1, 0.15) is 29.6 Å². The number of aromatic amines is 2. The van der Waals surface area contributed by atoms with Gasteiger partial charge in [-0.3, -0.25) is 14.4 Å². The Morgan fingerprint density at radius 1 is 0.606 bits per heavy atom. The number of carbonyl (C=O) groups is 4. The van der Waals surface area contributed by atoms with Crippen molar-refractivity contribution in [1.29, 1.82) is 0 Å². The number of methoxy groups -OCH3 is 1. The Bertz CT molecular complexity index is 2470. The molecule has 4 N–H and O–H groups in total. The van der Waals surface area contributed by atoms with E-state index in [1.54, 1.807) is 6.92 Å². The minimum Gasteiger partial charge on any atom is -0.453 e. The van der Waals surface area contributed by atoms with Gasteiger partial charge in [0.25, 0.3) is 0 Å². The summed E-state index contributed by atoms with van der Waals surface area (Å²) in [5, 5.41) is 5.69. The highest BCUT2D eigenvalue weighted by Gasteiger charge is 2.40. The summed E-state index contributed by atoms with van der Waals surface area (Å²) in [7, 11) is 1.30. The van der Waals surface area contributed by atoms with Crippen molar-refractivity contribution in [2.45, 2.75) is 135 Å². The van der Waals surface area contributed by atoms with Crippen LogP contribution in [-0.4, -0.2) is 104 Å². The topological polar surface area (TPSA) is 185 Å². The summed E-state index contributed by atoms with van der Waals surface area (Å²) in [5.74, 6) is 2.08. The van der Waals surface area contributed by atoms with E-state index in [0.717, 1.165) is 97.3 Å². The third-order valence-corrected chi connectivity index (χ3v) is 15.2. The van der Waals surface area contributed by atoms with Gasteiger partial charge in [0.05, 0.1) is 66.9 Å². The fourth-order valence-corrected chi connectivity index (χ4v) is 11.2. The predicted molar refractivity (Wildman–Crippen MR) is 274 cm³/mol. The van der Waals surface area contributed by atoms with Crippen LogP contribution in [0.5, 0.6) is 0 Å². The molecule has 0 bridgehead atoms. The van der Waals surface area contributed by atoms with Gasteiger partial charge in [0, 0.05) is 32.6 Å². The van der Waals surface area contributed by atoms with Crippen LogP contribution in [0.3, 0.4) is 0 Å². The van der Waals surface area contributed by atoms with Crippen molar-refractivity contribution in [3.8, 4) is 22.5 Å². The minimum atomic E-state index is -0.695. The molecule has 71 heavy (non-hydrogen) atoms. The molecule has 6 atom stereocenters. The summed E-state index contributed by atoms with van der Waals surface area (Å²) >= 11 is 0. The van der Waals surface area contributed by atoms with Gasteiger partial charge in [-0.15, -0.1) is 0 Å². The molecule has 376 valence electrons. The van der Waals surface area contributed by atoms with Crippen molar-refractivity contribution in [2.24, 2.45) is 11.8 Å². The molecule has 4 aliphatic heterocycles. The van der Waals surface area contributed by atoms with Gasteiger partial charge in [-0.25, -0.2) is 19.7 Å². The van der Waals surface area contributed by atoms with Crippen molar-refractivity contribution < 1.29 is 23.9 Å². The second-order valence-electron chi connectivity index (χ2n) is 20.4. The number of hydrogen-bond acceptors (Lipinski definition) is 10. The van der Waals surface area contributed by atoms with Crippen LogP contribution in [0.4, 0.5) is 16.3 Å². The van der Waals surface area contributed by atoms with E-state index in [0.29, 0.717) is 19.5 Å². The number of pyridine rings is 1. The van der Waals surface area contributed by atoms with E-state index in [9.17, 15) is 19.2 Å². The third kappa shape index (κ3) is 10.5. The van der Waals surface area contributed by atoms with Gasteiger partial charge >= 0.3 is 6.09 Å². The third-order valence-electron chi connectivity index (χ3n) is 15.2. The quantitative estimate of drug-likeness (QED) is 0.0789. The van der Waals surface area contributed by atoms with Gasteiger partial charge in [0.15, 0.2) is 0 Å². The molecule has 16 heteroatoms. The average Bonchev–Trinajstić information content (AvgIpc) is 4.27. The number of nitrogens with one attached hydrogen (secondary N) is 4. The molecule has 4 amide bonds. The number of hydrogen-bond donors (Lipinski definition) is 4. The summed E-state index contributed by atoms with van der Waals surface area (Å²) in [6, 6.07) is 20.5. The number of H-pyrrole nitrogens is 2. The van der Waals surface area contributed by atoms with Gasteiger partial charge in [0.2, 0.25) is 17.7 Å². The first-order valence-corrected chi connectivity index (χ1v) is 26.0. The highest BCUT2D eigenvalue weighted by Crippen LogP contribution is 2.48. The molecule has 4 fully saturated rings. The fourth-order valence-electron chi connectivity index (χ4n) is 11.2. The van der Waals surface area contributed by atoms with E-state index in [1.165, 1.54) is 37.5 Å². The second kappa shape index (κ2) is 21.7. The Morgan fingerprint density at radius 2 is 1.11 bits per heavy atom. The predicted octanol–water partition coefficient (Wildman–Crippen LogP) is 9.19. The molecular formula is C55H71N11O5. The van der Waals surface area contributed by atoms with Gasteiger partial charge in [-0.2, -0.15) is 0 Å². The second-order valence-corrected chi connectivity index (χ2v) is 20.4. The van der Waals surface area contributed by atoms with Crippen molar-refractivity contribution in [3.05, 3.63) is 102 Å². The van der Waals surface area contributed by atoms with Crippen LogP contribution in [0, 0.1) is 11.8 Å². The molecule has 4 saturated heterocycles. The number of anilines is 2. The maximum atomic E-state index is 13.8. The summed E-state index contributed by atoms with van der Waals surface area (Å²) < 4.78 is 4.82. The number of piperidine rings is 1.